The summed E-state index contributed by atoms with van der Waals surface area (Å²) in [5, 5.41) is 0. The molecule has 8 nitrogen and oxygen atoms in total. The highest BCUT2D eigenvalue weighted by Crippen LogP contribution is 2.15. The molecule has 0 bridgehead atoms. The smallest absolute Gasteiger partial charge is 0.379 e. The molecule has 148 valence electrons. The van der Waals surface area contributed by atoms with Gasteiger partial charge in [0.05, 0.1) is 0 Å². The Morgan fingerprint density at radius 1 is 0.833 bits per heavy atom. The zero-order valence-electron chi connectivity index (χ0n) is 16.5. The predicted octanol–water partition coefficient (Wildman–Crippen LogP) is 0.568. The van der Waals surface area contributed by atoms with Crippen LogP contribution in [0.4, 0.5) is 0 Å². The molecule has 0 rings (SSSR count). The van der Waals surface area contributed by atoms with E-state index in [0.29, 0.717) is 6.54 Å². The molecular weight excluding hydrogens is 348 g/mol. The Morgan fingerprint density at radius 3 is 1.62 bits per heavy atom. The third-order valence-corrected chi connectivity index (χ3v) is 7.44. The van der Waals surface area contributed by atoms with Gasteiger partial charge in [0.15, 0.2) is 0 Å². The van der Waals surface area contributed by atoms with Gasteiger partial charge in [-0.15, -0.1) is 0 Å². The van der Waals surface area contributed by atoms with Crippen molar-refractivity contribution in [2.75, 3.05) is 68.8 Å². The van der Waals surface area contributed by atoms with Crippen molar-refractivity contribution in [3.05, 3.63) is 0 Å². The van der Waals surface area contributed by atoms with E-state index < -0.39 is 18.3 Å². The monoisotopic (exact) mass is 386 g/mol. The van der Waals surface area contributed by atoms with Crippen molar-refractivity contribution in [3.8, 4) is 0 Å². The summed E-state index contributed by atoms with van der Waals surface area (Å²) in [5.41, 5.74) is 5.59. The molecule has 0 radical (unpaired) electrons. The molecule has 0 saturated heterocycles. The zero-order valence-corrected chi connectivity index (χ0v) is 18.7. The van der Waals surface area contributed by atoms with Crippen molar-refractivity contribution in [3.63, 3.8) is 0 Å². The number of nitrogens with zero attached hydrogens (tertiary/aromatic N) is 1. The van der Waals surface area contributed by atoms with Crippen LogP contribution < -0.4 is 5.73 Å². The molecular formula is C14H38N2O6Si2. The first kappa shape index (κ1) is 26.3. The molecule has 10 heteroatoms. The first-order valence-electron chi connectivity index (χ1n) is 8.19. The van der Waals surface area contributed by atoms with E-state index in [2.05, 4.69) is 11.8 Å². The van der Waals surface area contributed by atoms with Crippen molar-refractivity contribution >= 4 is 18.3 Å². The van der Waals surface area contributed by atoms with Gasteiger partial charge in [-0.05, 0) is 25.9 Å². The Kier molecular flexibility index (Phi) is 19.7. The quantitative estimate of drug-likeness (QED) is 0.434. The van der Waals surface area contributed by atoms with E-state index in [9.17, 15) is 0 Å². The standard InChI is InChI=1S/C11H28N2O3Si.C3H10O3Si/c1-5-8-13(10-7-12)9-6-11-17(14-2,15-3)16-4;1-4-7(5-2)6-3/h5-12H2,1-4H3;7H,1-3H3. The minimum Gasteiger partial charge on any atom is -0.379 e. The summed E-state index contributed by atoms with van der Waals surface area (Å²) in [6.07, 6.45) is 2.17. The van der Waals surface area contributed by atoms with Crippen molar-refractivity contribution in [1.29, 1.82) is 0 Å². The first-order valence-corrected chi connectivity index (χ1v) is 11.5. The average Bonchev–Trinajstić information content (AvgIpc) is 2.61. The van der Waals surface area contributed by atoms with Crippen LogP contribution in [0.1, 0.15) is 19.8 Å². The summed E-state index contributed by atoms with van der Waals surface area (Å²) in [4.78, 5) is 2.38. The predicted molar refractivity (Wildman–Crippen MR) is 100 cm³/mol. The van der Waals surface area contributed by atoms with Gasteiger partial charge in [0, 0.05) is 61.8 Å². The number of rotatable bonds is 14. The molecule has 0 saturated carbocycles. The van der Waals surface area contributed by atoms with E-state index in [1.807, 2.05) is 0 Å². The Hall–Kier alpha value is 0.114. The summed E-state index contributed by atoms with van der Waals surface area (Å²) in [6, 6.07) is 0.848. The van der Waals surface area contributed by atoms with E-state index in [0.717, 1.165) is 38.5 Å². The second-order valence-corrected chi connectivity index (χ2v) is 10.1. The summed E-state index contributed by atoms with van der Waals surface area (Å²) >= 11 is 0. The van der Waals surface area contributed by atoms with Crippen LogP contribution in [0.25, 0.3) is 0 Å². The van der Waals surface area contributed by atoms with Crippen LogP contribution in [0.5, 0.6) is 0 Å². The minimum absolute atomic E-state index is 0.710. The highest BCUT2D eigenvalue weighted by atomic mass is 28.4. The molecule has 0 aromatic carbocycles. The second kappa shape index (κ2) is 17.9. The topological polar surface area (TPSA) is 84.6 Å². The fourth-order valence-corrected chi connectivity index (χ4v) is 4.48. The van der Waals surface area contributed by atoms with Gasteiger partial charge in [0.1, 0.15) is 0 Å². The Bertz CT molecular complexity index is 240. The normalized spacial score (nSPS) is 11.8. The molecule has 0 fully saturated rings. The molecule has 0 aliphatic carbocycles. The highest BCUT2D eigenvalue weighted by Gasteiger charge is 2.36. The lowest BCUT2D eigenvalue weighted by Crippen LogP contribution is -2.43. The van der Waals surface area contributed by atoms with Gasteiger partial charge < -0.3 is 37.2 Å². The van der Waals surface area contributed by atoms with Crippen molar-refractivity contribution in [2.45, 2.75) is 25.8 Å². The lowest BCUT2D eigenvalue weighted by molar-refractivity contribution is 0.121. The van der Waals surface area contributed by atoms with Crippen LogP contribution in [-0.2, 0) is 26.6 Å². The van der Waals surface area contributed by atoms with Crippen LogP contribution in [0.15, 0.2) is 0 Å². The van der Waals surface area contributed by atoms with Gasteiger partial charge in [-0.1, -0.05) is 6.92 Å². The van der Waals surface area contributed by atoms with Crippen LogP contribution >= 0.6 is 0 Å². The third kappa shape index (κ3) is 12.5. The van der Waals surface area contributed by atoms with Gasteiger partial charge in [0.2, 0.25) is 0 Å². The number of hydrogen-bond donors (Lipinski definition) is 1. The summed E-state index contributed by atoms with van der Waals surface area (Å²) < 4.78 is 30.4. The van der Waals surface area contributed by atoms with E-state index >= 15 is 0 Å². The summed E-state index contributed by atoms with van der Waals surface area (Å²) in [6.45, 7) is 5.97. The van der Waals surface area contributed by atoms with Crippen LogP contribution in [-0.4, -0.2) is 92.1 Å². The molecule has 0 aromatic heterocycles. The Labute approximate surface area is 150 Å². The molecule has 0 atom stereocenters. The highest BCUT2D eigenvalue weighted by molar-refractivity contribution is 6.60. The molecule has 2 N–H and O–H groups in total. The molecule has 0 heterocycles. The van der Waals surface area contributed by atoms with Gasteiger partial charge in [-0.25, -0.2) is 0 Å². The lowest BCUT2D eigenvalue weighted by Gasteiger charge is -2.26. The van der Waals surface area contributed by atoms with Gasteiger partial charge in [-0.2, -0.15) is 0 Å². The molecule has 0 aromatic rings. The van der Waals surface area contributed by atoms with Gasteiger partial charge in [0.25, 0.3) is 0 Å². The van der Waals surface area contributed by atoms with Crippen LogP contribution in [0, 0.1) is 0 Å². The zero-order chi connectivity index (χ0) is 18.8. The maximum absolute atomic E-state index is 5.59. The second-order valence-electron chi connectivity index (χ2n) is 5.03. The first-order chi connectivity index (χ1) is 11.5. The fraction of sp³-hybridized carbons (Fsp3) is 1.00. The molecule has 0 spiro atoms. The summed E-state index contributed by atoms with van der Waals surface area (Å²) in [7, 11) is 5.63. The fourth-order valence-electron chi connectivity index (χ4n) is 2.20. The van der Waals surface area contributed by atoms with Crippen LogP contribution in [0.2, 0.25) is 6.04 Å². The molecule has 0 aliphatic heterocycles. The van der Waals surface area contributed by atoms with Crippen LogP contribution in [0.3, 0.4) is 0 Å². The Morgan fingerprint density at radius 2 is 1.33 bits per heavy atom. The third-order valence-electron chi connectivity index (χ3n) is 3.45. The SMILES string of the molecule is CCCN(CCN)CCC[Si](OC)(OC)OC.CO[SiH](OC)OC. The maximum atomic E-state index is 5.59. The lowest BCUT2D eigenvalue weighted by atomic mass is 10.3. The van der Waals surface area contributed by atoms with Crippen molar-refractivity contribution in [1.82, 2.24) is 4.90 Å². The average molecular weight is 387 g/mol. The van der Waals surface area contributed by atoms with Crippen molar-refractivity contribution < 1.29 is 26.6 Å². The molecule has 0 unspecified atom stereocenters. The van der Waals surface area contributed by atoms with Crippen molar-refractivity contribution in [2.24, 2.45) is 5.73 Å². The Balaban J connectivity index is 0. The number of hydrogen-bond acceptors (Lipinski definition) is 8. The maximum Gasteiger partial charge on any atom is 0.500 e. The number of nitrogens with two attached hydrogens (primary N) is 1. The van der Waals surface area contributed by atoms with Gasteiger partial charge in [-0.3, -0.25) is 0 Å². The largest absolute Gasteiger partial charge is 0.500 e. The molecule has 0 amide bonds. The van der Waals surface area contributed by atoms with E-state index in [4.69, 9.17) is 32.3 Å². The molecule has 0 aliphatic rings. The van der Waals surface area contributed by atoms with E-state index in [1.54, 1.807) is 42.7 Å². The minimum atomic E-state index is -2.39. The van der Waals surface area contributed by atoms with Gasteiger partial charge >= 0.3 is 18.3 Å². The molecule has 24 heavy (non-hydrogen) atoms. The van der Waals surface area contributed by atoms with E-state index in [1.165, 1.54) is 0 Å². The summed E-state index contributed by atoms with van der Waals surface area (Å²) in [5.74, 6) is 0. The van der Waals surface area contributed by atoms with E-state index in [-0.39, 0.29) is 0 Å².